The van der Waals surface area contributed by atoms with Crippen LogP contribution in [0.25, 0.3) is 0 Å². The Morgan fingerprint density at radius 3 is 3.06 bits per heavy atom. The van der Waals surface area contributed by atoms with E-state index in [0.717, 1.165) is 42.4 Å². The van der Waals surface area contributed by atoms with E-state index in [1.165, 1.54) is 0 Å². The van der Waals surface area contributed by atoms with Crippen molar-refractivity contribution in [2.45, 2.75) is 25.3 Å². The Morgan fingerprint density at radius 1 is 1.47 bits per heavy atom. The SMILES string of the molecule is CC1CN(c2c(Cl)cccc2CCl)CCCO1. The Labute approximate surface area is 112 Å². The third kappa shape index (κ3) is 3.06. The number of anilines is 1. The highest BCUT2D eigenvalue weighted by atomic mass is 35.5. The first-order valence-corrected chi connectivity index (χ1v) is 6.83. The molecule has 17 heavy (non-hydrogen) atoms. The van der Waals surface area contributed by atoms with Gasteiger partial charge >= 0.3 is 0 Å². The molecule has 0 radical (unpaired) electrons. The summed E-state index contributed by atoms with van der Waals surface area (Å²) < 4.78 is 5.65. The van der Waals surface area contributed by atoms with Crippen molar-refractivity contribution in [1.29, 1.82) is 0 Å². The second-order valence-electron chi connectivity index (χ2n) is 4.36. The van der Waals surface area contributed by atoms with E-state index in [-0.39, 0.29) is 6.10 Å². The van der Waals surface area contributed by atoms with Crippen molar-refractivity contribution in [3.05, 3.63) is 28.8 Å². The molecule has 1 aromatic rings. The molecule has 2 nitrogen and oxygen atoms in total. The fourth-order valence-electron chi connectivity index (χ4n) is 2.22. The third-order valence-corrected chi connectivity index (χ3v) is 3.58. The molecule has 1 unspecified atom stereocenters. The number of alkyl halides is 1. The van der Waals surface area contributed by atoms with Crippen LogP contribution in [0.15, 0.2) is 18.2 Å². The summed E-state index contributed by atoms with van der Waals surface area (Å²) in [6, 6.07) is 5.90. The molecular formula is C13H17Cl2NO. The number of ether oxygens (including phenoxy) is 1. The number of nitrogens with zero attached hydrogens (tertiary/aromatic N) is 1. The van der Waals surface area contributed by atoms with Gasteiger partial charge in [0, 0.05) is 25.6 Å². The average Bonchev–Trinajstić information content (AvgIpc) is 2.53. The minimum absolute atomic E-state index is 0.233. The minimum atomic E-state index is 0.233. The Bertz CT molecular complexity index is 384. The van der Waals surface area contributed by atoms with Crippen molar-refractivity contribution >= 4 is 28.9 Å². The average molecular weight is 274 g/mol. The molecule has 1 fully saturated rings. The lowest BCUT2D eigenvalue weighted by molar-refractivity contribution is 0.0821. The van der Waals surface area contributed by atoms with Gasteiger partial charge < -0.3 is 9.64 Å². The van der Waals surface area contributed by atoms with Crippen molar-refractivity contribution < 1.29 is 4.74 Å². The van der Waals surface area contributed by atoms with E-state index >= 15 is 0 Å². The Kier molecular flexibility index (Phi) is 4.55. The van der Waals surface area contributed by atoms with E-state index in [9.17, 15) is 0 Å². The largest absolute Gasteiger partial charge is 0.377 e. The van der Waals surface area contributed by atoms with Gasteiger partial charge in [0.2, 0.25) is 0 Å². The molecule has 94 valence electrons. The molecule has 2 rings (SSSR count). The van der Waals surface area contributed by atoms with Crippen LogP contribution in [-0.2, 0) is 10.6 Å². The number of hydrogen-bond donors (Lipinski definition) is 0. The van der Waals surface area contributed by atoms with Crippen LogP contribution in [0.3, 0.4) is 0 Å². The smallest absolute Gasteiger partial charge is 0.0721 e. The number of benzene rings is 1. The van der Waals surface area contributed by atoms with Crippen molar-refractivity contribution in [3.8, 4) is 0 Å². The molecule has 0 aliphatic carbocycles. The van der Waals surface area contributed by atoms with Crippen LogP contribution in [0.4, 0.5) is 5.69 Å². The van der Waals surface area contributed by atoms with Gasteiger partial charge in [-0.1, -0.05) is 23.7 Å². The number of rotatable bonds is 2. The monoisotopic (exact) mass is 273 g/mol. The van der Waals surface area contributed by atoms with Crippen molar-refractivity contribution in [1.82, 2.24) is 0 Å². The zero-order valence-electron chi connectivity index (χ0n) is 9.96. The first-order valence-electron chi connectivity index (χ1n) is 5.92. The molecule has 1 aliphatic rings. The van der Waals surface area contributed by atoms with Crippen LogP contribution in [0, 0.1) is 0 Å². The molecule has 0 amide bonds. The van der Waals surface area contributed by atoms with Gasteiger partial charge in [-0.05, 0) is 25.0 Å². The Morgan fingerprint density at radius 2 is 2.29 bits per heavy atom. The summed E-state index contributed by atoms with van der Waals surface area (Å²) >= 11 is 12.3. The Hall–Kier alpha value is -0.440. The summed E-state index contributed by atoms with van der Waals surface area (Å²) in [7, 11) is 0. The lowest BCUT2D eigenvalue weighted by Gasteiger charge is -2.27. The molecule has 1 atom stereocenters. The van der Waals surface area contributed by atoms with Gasteiger partial charge in [-0.15, -0.1) is 11.6 Å². The summed E-state index contributed by atoms with van der Waals surface area (Å²) in [6.07, 6.45) is 1.26. The van der Waals surface area contributed by atoms with E-state index < -0.39 is 0 Å². The van der Waals surface area contributed by atoms with E-state index in [1.807, 2.05) is 18.2 Å². The molecule has 1 heterocycles. The van der Waals surface area contributed by atoms with Crippen LogP contribution in [0.2, 0.25) is 5.02 Å². The van der Waals surface area contributed by atoms with Gasteiger partial charge in [0.05, 0.1) is 16.8 Å². The van der Waals surface area contributed by atoms with Gasteiger partial charge in [-0.2, -0.15) is 0 Å². The minimum Gasteiger partial charge on any atom is -0.377 e. The normalized spacial score (nSPS) is 21.4. The van der Waals surface area contributed by atoms with Gasteiger partial charge in [-0.25, -0.2) is 0 Å². The maximum Gasteiger partial charge on any atom is 0.0721 e. The van der Waals surface area contributed by atoms with Crippen molar-refractivity contribution in [2.24, 2.45) is 0 Å². The third-order valence-electron chi connectivity index (χ3n) is 2.98. The molecule has 0 N–H and O–H groups in total. The van der Waals surface area contributed by atoms with Crippen LogP contribution in [-0.4, -0.2) is 25.8 Å². The zero-order valence-corrected chi connectivity index (χ0v) is 11.5. The highest BCUT2D eigenvalue weighted by Gasteiger charge is 2.19. The second kappa shape index (κ2) is 5.94. The Balaban J connectivity index is 2.31. The predicted molar refractivity (Wildman–Crippen MR) is 73.3 cm³/mol. The van der Waals surface area contributed by atoms with E-state index in [4.69, 9.17) is 27.9 Å². The standard InChI is InChI=1S/C13H17Cl2NO/c1-10-9-16(6-3-7-17-10)13-11(8-14)4-2-5-12(13)15/h2,4-5,10H,3,6-9H2,1H3. The van der Waals surface area contributed by atoms with Crippen LogP contribution in [0.1, 0.15) is 18.9 Å². The summed E-state index contributed by atoms with van der Waals surface area (Å²) in [5.74, 6) is 0.488. The lowest BCUT2D eigenvalue weighted by atomic mass is 10.1. The van der Waals surface area contributed by atoms with Gasteiger partial charge in [-0.3, -0.25) is 0 Å². The van der Waals surface area contributed by atoms with E-state index in [0.29, 0.717) is 5.88 Å². The summed E-state index contributed by atoms with van der Waals surface area (Å²) in [5, 5.41) is 0.775. The molecule has 1 saturated heterocycles. The van der Waals surface area contributed by atoms with E-state index in [1.54, 1.807) is 0 Å². The molecular weight excluding hydrogens is 257 g/mol. The molecule has 1 aromatic carbocycles. The first-order chi connectivity index (χ1) is 8.22. The van der Waals surface area contributed by atoms with Crippen LogP contribution >= 0.6 is 23.2 Å². The number of hydrogen-bond acceptors (Lipinski definition) is 2. The van der Waals surface area contributed by atoms with Crippen molar-refractivity contribution in [2.75, 3.05) is 24.6 Å². The second-order valence-corrected chi connectivity index (χ2v) is 5.04. The summed E-state index contributed by atoms with van der Waals surface area (Å²) in [5.41, 5.74) is 2.16. The van der Waals surface area contributed by atoms with Gasteiger partial charge in [0.1, 0.15) is 0 Å². The maximum absolute atomic E-state index is 6.30. The predicted octanol–water partition coefficient (Wildman–Crippen LogP) is 3.69. The molecule has 4 heteroatoms. The highest BCUT2D eigenvalue weighted by molar-refractivity contribution is 6.33. The topological polar surface area (TPSA) is 12.5 Å². The zero-order chi connectivity index (χ0) is 12.3. The lowest BCUT2D eigenvalue weighted by Crippen LogP contribution is -2.31. The van der Waals surface area contributed by atoms with Gasteiger partial charge in [0.15, 0.2) is 0 Å². The fraction of sp³-hybridized carbons (Fsp3) is 0.538. The number of halogens is 2. The van der Waals surface area contributed by atoms with Crippen LogP contribution < -0.4 is 4.90 Å². The molecule has 0 bridgehead atoms. The molecule has 0 aromatic heterocycles. The van der Waals surface area contributed by atoms with Crippen molar-refractivity contribution in [3.63, 3.8) is 0 Å². The van der Waals surface area contributed by atoms with Gasteiger partial charge in [0.25, 0.3) is 0 Å². The highest BCUT2D eigenvalue weighted by Crippen LogP contribution is 2.32. The number of para-hydroxylation sites is 1. The summed E-state index contributed by atoms with van der Waals surface area (Å²) in [4.78, 5) is 2.29. The van der Waals surface area contributed by atoms with E-state index in [2.05, 4.69) is 11.8 Å². The fourth-order valence-corrected chi connectivity index (χ4v) is 2.75. The molecule has 0 saturated carbocycles. The maximum atomic E-state index is 6.30. The summed E-state index contributed by atoms with van der Waals surface area (Å²) in [6.45, 7) is 4.75. The molecule has 1 aliphatic heterocycles. The quantitative estimate of drug-likeness (QED) is 0.762. The first kappa shape index (κ1) is 13.0. The molecule has 0 spiro atoms. The van der Waals surface area contributed by atoms with Crippen LogP contribution in [0.5, 0.6) is 0 Å².